The minimum atomic E-state index is 0.779. The summed E-state index contributed by atoms with van der Waals surface area (Å²) in [5, 5.41) is 3.22. The zero-order valence-corrected chi connectivity index (χ0v) is 8.73. The highest BCUT2D eigenvalue weighted by Gasteiger charge is 2.03. The summed E-state index contributed by atoms with van der Waals surface area (Å²) >= 11 is 0. The highest BCUT2D eigenvalue weighted by atomic mass is 16.3. The summed E-state index contributed by atoms with van der Waals surface area (Å²) in [5.74, 6) is 1.86. The van der Waals surface area contributed by atoms with Gasteiger partial charge in [0.1, 0.15) is 11.5 Å². The van der Waals surface area contributed by atoms with Crippen molar-refractivity contribution < 1.29 is 4.42 Å². The van der Waals surface area contributed by atoms with Crippen LogP contribution in [-0.2, 0) is 6.54 Å². The number of nitrogens with one attached hydrogen (secondary N) is 1. The summed E-state index contributed by atoms with van der Waals surface area (Å²) in [6, 6.07) is 7.87. The molecule has 15 heavy (non-hydrogen) atoms. The lowest BCUT2D eigenvalue weighted by atomic mass is 10.2. The van der Waals surface area contributed by atoms with Crippen LogP contribution in [0.1, 0.15) is 12.7 Å². The molecule has 0 spiro atoms. The first-order valence-electron chi connectivity index (χ1n) is 5.10. The topological polar surface area (TPSA) is 38.1 Å². The molecule has 0 atom stereocenters. The van der Waals surface area contributed by atoms with Gasteiger partial charge in [0.15, 0.2) is 0 Å². The highest BCUT2D eigenvalue weighted by molar-refractivity contribution is 5.56. The largest absolute Gasteiger partial charge is 0.460 e. The van der Waals surface area contributed by atoms with Crippen LogP contribution in [0.25, 0.3) is 11.3 Å². The van der Waals surface area contributed by atoms with Crippen molar-refractivity contribution in [2.75, 3.05) is 6.54 Å². The zero-order chi connectivity index (χ0) is 10.5. The molecule has 2 aromatic heterocycles. The van der Waals surface area contributed by atoms with Crippen molar-refractivity contribution in [1.29, 1.82) is 0 Å². The summed E-state index contributed by atoms with van der Waals surface area (Å²) in [6.45, 7) is 3.81. The van der Waals surface area contributed by atoms with Crippen LogP contribution in [0.4, 0.5) is 0 Å². The van der Waals surface area contributed by atoms with Crippen LogP contribution in [0.3, 0.4) is 0 Å². The smallest absolute Gasteiger partial charge is 0.134 e. The Hall–Kier alpha value is -1.61. The van der Waals surface area contributed by atoms with E-state index in [1.165, 1.54) is 0 Å². The van der Waals surface area contributed by atoms with E-state index in [-0.39, 0.29) is 0 Å². The van der Waals surface area contributed by atoms with E-state index in [2.05, 4.69) is 17.2 Å². The van der Waals surface area contributed by atoms with Crippen LogP contribution >= 0.6 is 0 Å². The van der Waals surface area contributed by atoms with Gasteiger partial charge in [-0.2, -0.15) is 0 Å². The first kappa shape index (κ1) is 9.93. The van der Waals surface area contributed by atoms with Crippen LogP contribution in [0.2, 0.25) is 0 Å². The maximum Gasteiger partial charge on any atom is 0.134 e. The number of nitrogens with zero attached hydrogens (tertiary/aromatic N) is 1. The van der Waals surface area contributed by atoms with Crippen molar-refractivity contribution in [1.82, 2.24) is 10.3 Å². The molecule has 0 bridgehead atoms. The molecule has 0 saturated carbocycles. The Bertz CT molecular complexity index is 409. The number of hydrogen-bond donors (Lipinski definition) is 1. The first-order chi connectivity index (χ1) is 7.40. The lowest BCUT2D eigenvalue weighted by molar-refractivity contribution is 0.498. The third-order valence-corrected chi connectivity index (χ3v) is 2.18. The van der Waals surface area contributed by atoms with Crippen LogP contribution in [0, 0.1) is 0 Å². The minimum absolute atomic E-state index is 0.779. The quantitative estimate of drug-likeness (QED) is 0.827. The van der Waals surface area contributed by atoms with Gasteiger partial charge in [-0.25, -0.2) is 0 Å². The predicted molar refractivity (Wildman–Crippen MR) is 59.3 cm³/mol. The molecule has 0 aliphatic carbocycles. The Morgan fingerprint density at radius 3 is 2.73 bits per heavy atom. The normalized spacial score (nSPS) is 10.5. The number of rotatable bonds is 4. The number of furan rings is 1. The molecule has 0 amide bonds. The van der Waals surface area contributed by atoms with E-state index in [4.69, 9.17) is 4.42 Å². The molecule has 0 unspecified atom stereocenters. The zero-order valence-electron chi connectivity index (χ0n) is 8.73. The maximum atomic E-state index is 5.68. The molecule has 3 heteroatoms. The van der Waals surface area contributed by atoms with Gasteiger partial charge in [-0.05, 0) is 30.8 Å². The Morgan fingerprint density at radius 2 is 2.00 bits per heavy atom. The summed E-state index contributed by atoms with van der Waals surface area (Å²) in [7, 11) is 0. The van der Waals surface area contributed by atoms with E-state index in [0.29, 0.717) is 0 Å². The van der Waals surface area contributed by atoms with E-state index in [1.807, 2.05) is 24.3 Å². The van der Waals surface area contributed by atoms with Gasteiger partial charge in [0, 0.05) is 18.0 Å². The van der Waals surface area contributed by atoms with Gasteiger partial charge in [0.2, 0.25) is 0 Å². The van der Waals surface area contributed by atoms with Crippen molar-refractivity contribution >= 4 is 0 Å². The molecule has 3 nitrogen and oxygen atoms in total. The number of hydrogen-bond acceptors (Lipinski definition) is 3. The molecule has 0 aliphatic rings. The van der Waals surface area contributed by atoms with Gasteiger partial charge < -0.3 is 9.73 Å². The minimum Gasteiger partial charge on any atom is -0.460 e. The van der Waals surface area contributed by atoms with Crippen molar-refractivity contribution in [3.8, 4) is 11.3 Å². The second kappa shape index (κ2) is 4.75. The Labute approximate surface area is 89.1 Å². The highest BCUT2D eigenvalue weighted by Crippen LogP contribution is 2.20. The standard InChI is InChI=1S/C12H14N2O/c1-2-13-9-11-3-4-12(15-11)10-5-7-14-8-6-10/h3-8,13H,2,9H2,1H3. The Kier molecular flexibility index (Phi) is 3.15. The van der Waals surface area contributed by atoms with Gasteiger partial charge in [-0.3, -0.25) is 4.98 Å². The molecule has 0 fully saturated rings. The van der Waals surface area contributed by atoms with E-state index in [1.54, 1.807) is 12.4 Å². The summed E-state index contributed by atoms with van der Waals surface area (Å²) in [6.07, 6.45) is 3.53. The lowest BCUT2D eigenvalue weighted by Crippen LogP contribution is -2.10. The van der Waals surface area contributed by atoms with Crippen LogP contribution < -0.4 is 5.32 Å². The van der Waals surface area contributed by atoms with Crippen LogP contribution in [-0.4, -0.2) is 11.5 Å². The van der Waals surface area contributed by atoms with E-state index < -0.39 is 0 Å². The van der Waals surface area contributed by atoms with Crippen LogP contribution in [0.5, 0.6) is 0 Å². The molecule has 2 rings (SSSR count). The van der Waals surface area contributed by atoms with E-state index >= 15 is 0 Å². The Morgan fingerprint density at radius 1 is 1.20 bits per heavy atom. The summed E-state index contributed by atoms with van der Waals surface area (Å²) in [5.41, 5.74) is 1.06. The molecular weight excluding hydrogens is 188 g/mol. The van der Waals surface area contributed by atoms with Gasteiger partial charge >= 0.3 is 0 Å². The number of pyridine rings is 1. The fraction of sp³-hybridized carbons (Fsp3) is 0.250. The van der Waals surface area contributed by atoms with Crippen molar-refractivity contribution in [3.63, 3.8) is 0 Å². The average molecular weight is 202 g/mol. The van der Waals surface area contributed by atoms with Crippen molar-refractivity contribution in [3.05, 3.63) is 42.4 Å². The molecule has 0 aromatic carbocycles. The molecule has 0 radical (unpaired) electrons. The third kappa shape index (κ3) is 2.44. The van der Waals surface area contributed by atoms with E-state index in [9.17, 15) is 0 Å². The SMILES string of the molecule is CCNCc1ccc(-c2ccncc2)o1. The monoisotopic (exact) mass is 202 g/mol. The second-order valence-electron chi connectivity index (χ2n) is 3.28. The fourth-order valence-corrected chi connectivity index (χ4v) is 1.39. The molecule has 0 saturated heterocycles. The van der Waals surface area contributed by atoms with Crippen molar-refractivity contribution in [2.45, 2.75) is 13.5 Å². The first-order valence-corrected chi connectivity index (χ1v) is 5.10. The molecule has 2 aromatic rings. The van der Waals surface area contributed by atoms with Crippen LogP contribution in [0.15, 0.2) is 41.1 Å². The van der Waals surface area contributed by atoms with Crippen molar-refractivity contribution in [2.24, 2.45) is 0 Å². The molecule has 1 N–H and O–H groups in total. The van der Waals surface area contributed by atoms with Gasteiger partial charge in [-0.15, -0.1) is 0 Å². The van der Waals surface area contributed by atoms with Gasteiger partial charge in [0.25, 0.3) is 0 Å². The van der Waals surface area contributed by atoms with E-state index in [0.717, 1.165) is 30.2 Å². The second-order valence-corrected chi connectivity index (χ2v) is 3.28. The summed E-state index contributed by atoms with van der Waals surface area (Å²) < 4.78 is 5.68. The summed E-state index contributed by atoms with van der Waals surface area (Å²) in [4.78, 5) is 3.97. The Balaban J connectivity index is 2.14. The van der Waals surface area contributed by atoms with Gasteiger partial charge in [-0.1, -0.05) is 6.92 Å². The molecule has 2 heterocycles. The fourth-order valence-electron chi connectivity index (χ4n) is 1.39. The number of aromatic nitrogens is 1. The maximum absolute atomic E-state index is 5.68. The lowest BCUT2D eigenvalue weighted by Gasteiger charge is -1.97. The molecule has 0 aliphatic heterocycles. The molecule has 78 valence electrons. The molecular formula is C12H14N2O. The van der Waals surface area contributed by atoms with Gasteiger partial charge in [0.05, 0.1) is 6.54 Å². The third-order valence-electron chi connectivity index (χ3n) is 2.18. The predicted octanol–water partition coefficient (Wildman–Crippen LogP) is 2.45. The average Bonchev–Trinajstić information content (AvgIpc) is 2.76.